The summed E-state index contributed by atoms with van der Waals surface area (Å²) in [5, 5.41) is 11.6. The van der Waals surface area contributed by atoms with E-state index in [9.17, 15) is 9.59 Å². The number of carboxylic acid groups (broad SMARTS) is 1. The molecule has 2 rings (SSSR count). The van der Waals surface area contributed by atoms with Crippen molar-refractivity contribution >= 4 is 12.0 Å². The zero-order valence-corrected chi connectivity index (χ0v) is 10.8. The minimum Gasteiger partial charge on any atom is -0.481 e. The molecule has 102 valence electrons. The topological polar surface area (TPSA) is 78.9 Å². The lowest BCUT2D eigenvalue weighted by molar-refractivity contribution is -0.138. The van der Waals surface area contributed by atoms with Gasteiger partial charge in [0.2, 0.25) is 0 Å². The van der Waals surface area contributed by atoms with E-state index < -0.39 is 5.97 Å². The highest BCUT2D eigenvalue weighted by Crippen LogP contribution is 2.37. The number of morpholine rings is 1. The van der Waals surface area contributed by atoms with Crippen LogP contribution in [-0.4, -0.2) is 53.8 Å². The monoisotopic (exact) mass is 256 g/mol. The molecule has 0 radical (unpaired) electrons. The van der Waals surface area contributed by atoms with Crippen LogP contribution in [0.2, 0.25) is 0 Å². The van der Waals surface area contributed by atoms with E-state index in [0.717, 1.165) is 0 Å². The van der Waals surface area contributed by atoms with Crippen LogP contribution in [0.4, 0.5) is 4.79 Å². The van der Waals surface area contributed by atoms with Crippen molar-refractivity contribution in [1.29, 1.82) is 0 Å². The maximum atomic E-state index is 11.9. The second-order valence-corrected chi connectivity index (χ2v) is 5.29. The Labute approximate surface area is 106 Å². The number of hydrogen-bond donors (Lipinski definition) is 2. The van der Waals surface area contributed by atoms with E-state index in [1.165, 1.54) is 0 Å². The Hall–Kier alpha value is -1.30. The summed E-state index contributed by atoms with van der Waals surface area (Å²) < 4.78 is 5.55. The fraction of sp³-hybridized carbons (Fsp3) is 0.833. The number of ether oxygens (including phenoxy) is 1. The Balaban J connectivity index is 1.73. The molecule has 0 aromatic rings. The first-order valence-corrected chi connectivity index (χ1v) is 6.38. The first-order valence-electron chi connectivity index (χ1n) is 6.38. The van der Waals surface area contributed by atoms with Crippen LogP contribution in [0.25, 0.3) is 0 Å². The lowest BCUT2D eigenvalue weighted by atomic mass is 10.2. The molecule has 6 heteroatoms. The molecule has 4 atom stereocenters. The fourth-order valence-electron chi connectivity index (χ4n) is 2.45. The maximum absolute atomic E-state index is 11.9. The SMILES string of the molecule is C[C@@H]1CN(C(=O)NC[C@@H]2C[C@H]2C(=O)O)C[C@H](C)O1. The van der Waals surface area contributed by atoms with E-state index in [-0.39, 0.29) is 30.1 Å². The van der Waals surface area contributed by atoms with Crippen molar-refractivity contribution in [3.63, 3.8) is 0 Å². The summed E-state index contributed by atoms with van der Waals surface area (Å²) in [7, 11) is 0. The standard InChI is InChI=1S/C12H20N2O4/c1-7-5-14(6-8(2)18-7)12(17)13-4-9-3-10(9)11(15)16/h7-10H,3-6H2,1-2H3,(H,13,17)(H,15,16)/t7-,8+,9-,10+/m0/s1. The first-order chi connectivity index (χ1) is 8.47. The Morgan fingerprint density at radius 1 is 1.33 bits per heavy atom. The van der Waals surface area contributed by atoms with Gasteiger partial charge in [0.05, 0.1) is 18.1 Å². The molecule has 0 bridgehead atoms. The summed E-state index contributed by atoms with van der Waals surface area (Å²) in [5.41, 5.74) is 0. The van der Waals surface area contributed by atoms with Crippen molar-refractivity contribution in [2.24, 2.45) is 11.8 Å². The third kappa shape index (κ3) is 3.13. The molecule has 2 fully saturated rings. The van der Waals surface area contributed by atoms with E-state index in [0.29, 0.717) is 26.1 Å². The molecular formula is C12H20N2O4. The van der Waals surface area contributed by atoms with E-state index in [1.807, 2.05) is 13.8 Å². The van der Waals surface area contributed by atoms with Crippen LogP contribution in [0.3, 0.4) is 0 Å². The van der Waals surface area contributed by atoms with Gasteiger partial charge in [-0.25, -0.2) is 4.79 Å². The van der Waals surface area contributed by atoms with Crippen LogP contribution in [0, 0.1) is 11.8 Å². The van der Waals surface area contributed by atoms with Gasteiger partial charge in [0.25, 0.3) is 0 Å². The molecule has 1 aliphatic carbocycles. The molecule has 0 aromatic heterocycles. The van der Waals surface area contributed by atoms with Gasteiger partial charge in [0.15, 0.2) is 0 Å². The third-order valence-electron chi connectivity index (χ3n) is 3.46. The highest BCUT2D eigenvalue weighted by molar-refractivity contribution is 5.76. The predicted octanol–water partition coefficient (Wildman–Crippen LogP) is 0.526. The van der Waals surface area contributed by atoms with Crippen molar-refractivity contribution < 1.29 is 19.4 Å². The van der Waals surface area contributed by atoms with Gasteiger partial charge in [-0.15, -0.1) is 0 Å². The Morgan fingerprint density at radius 2 is 1.94 bits per heavy atom. The molecule has 1 saturated heterocycles. The second kappa shape index (κ2) is 5.14. The number of hydrogen-bond acceptors (Lipinski definition) is 3. The number of carbonyl (C=O) groups is 2. The van der Waals surface area contributed by atoms with Gasteiger partial charge >= 0.3 is 12.0 Å². The second-order valence-electron chi connectivity index (χ2n) is 5.29. The largest absolute Gasteiger partial charge is 0.481 e. The Bertz CT molecular complexity index is 337. The number of rotatable bonds is 3. The third-order valence-corrected chi connectivity index (χ3v) is 3.46. The highest BCUT2D eigenvalue weighted by atomic mass is 16.5. The van der Waals surface area contributed by atoms with Gasteiger partial charge in [0, 0.05) is 19.6 Å². The number of amides is 2. The zero-order valence-electron chi connectivity index (χ0n) is 10.8. The minimum atomic E-state index is -0.761. The lowest BCUT2D eigenvalue weighted by Crippen LogP contribution is -2.52. The first kappa shape index (κ1) is 13.1. The van der Waals surface area contributed by atoms with Crippen LogP contribution < -0.4 is 5.32 Å². The fourth-order valence-corrected chi connectivity index (χ4v) is 2.45. The molecule has 1 saturated carbocycles. The summed E-state index contributed by atoms with van der Waals surface area (Å²) in [4.78, 5) is 24.3. The maximum Gasteiger partial charge on any atom is 0.317 e. The summed E-state index contributed by atoms with van der Waals surface area (Å²) >= 11 is 0. The van der Waals surface area contributed by atoms with Crippen LogP contribution in [0.15, 0.2) is 0 Å². The quantitative estimate of drug-likeness (QED) is 0.772. The number of nitrogens with zero attached hydrogens (tertiary/aromatic N) is 1. The zero-order chi connectivity index (χ0) is 13.3. The molecule has 2 aliphatic rings. The summed E-state index contributed by atoms with van der Waals surface area (Å²) in [6, 6.07) is -0.118. The van der Waals surface area contributed by atoms with Crippen molar-refractivity contribution in [3.8, 4) is 0 Å². The average molecular weight is 256 g/mol. The molecule has 0 unspecified atom stereocenters. The number of carboxylic acids is 1. The molecule has 18 heavy (non-hydrogen) atoms. The van der Waals surface area contributed by atoms with Gasteiger partial charge in [-0.05, 0) is 26.2 Å². The van der Waals surface area contributed by atoms with Crippen LogP contribution in [-0.2, 0) is 9.53 Å². The molecular weight excluding hydrogens is 236 g/mol. The van der Waals surface area contributed by atoms with Gasteiger partial charge in [-0.3, -0.25) is 4.79 Å². The summed E-state index contributed by atoms with van der Waals surface area (Å²) in [5.74, 6) is -0.932. The number of aliphatic carboxylic acids is 1. The van der Waals surface area contributed by atoms with Gasteiger partial charge in [-0.1, -0.05) is 0 Å². The van der Waals surface area contributed by atoms with Crippen molar-refractivity contribution in [1.82, 2.24) is 10.2 Å². The van der Waals surface area contributed by atoms with Crippen LogP contribution in [0.5, 0.6) is 0 Å². The van der Waals surface area contributed by atoms with Crippen molar-refractivity contribution in [2.75, 3.05) is 19.6 Å². The predicted molar refractivity (Wildman–Crippen MR) is 64.2 cm³/mol. The van der Waals surface area contributed by atoms with Crippen molar-refractivity contribution in [2.45, 2.75) is 32.5 Å². The van der Waals surface area contributed by atoms with Gasteiger partial charge < -0.3 is 20.1 Å². The summed E-state index contributed by atoms with van der Waals surface area (Å²) in [6.07, 6.45) is 0.769. The Kier molecular flexibility index (Phi) is 3.75. The van der Waals surface area contributed by atoms with E-state index in [4.69, 9.17) is 9.84 Å². The molecule has 1 aliphatic heterocycles. The molecule has 6 nitrogen and oxygen atoms in total. The molecule has 0 spiro atoms. The number of nitrogens with one attached hydrogen (secondary N) is 1. The van der Waals surface area contributed by atoms with E-state index >= 15 is 0 Å². The highest BCUT2D eigenvalue weighted by Gasteiger charge is 2.43. The van der Waals surface area contributed by atoms with Gasteiger partial charge in [-0.2, -0.15) is 0 Å². The van der Waals surface area contributed by atoms with Crippen LogP contribution in [0.1, 0.15) is 20.3 Å². The van der Waals surface area contributed by atoms with E-state index in [1.54, 1.807) is 4.90 Å². The summed E-state index contributed by atoms with van der Waals surface area (Å²) in [6.45, 7) is 5.51. The smallest absolute Gasteiger partial charge is 0.317 e. The van der Waals surface area contributed by atoms with Crippen LogP contribution >= 0.6 is 0 Å². The number of carbonyl (C=O) groups excluding carboxylic acids is 1. The lowest BCUT2D eigenvalue weighted by Gasteiger charge is -2.35. The molecule has 2 N–H and O–H groups in total. The van der Waals surface area contributed by atoms with E-state index in [2.05, 4.69) is 5.32 Å². The van der Waals surface area contributed by atoms with Crippen molar-refractivity contribution in [3.05, 3.63) is 0 Å². The van der Waals surface area contributed by atoms with Gasteiger partial charge in [0.1, 0.15) is 0 Å². The molecule has 1 heterocycles. The molecule has 0 aromatic carbocycles. The normalized spacial score (nSPS) is 35.1. The average Bonchev–Trinajstić information content (AvgIpc) is 3.04. The number of urea groups is 1. The minimum absolute atomic E-state index is 0.0483. The Morgan fingerprint density at radius 3 is 2.44 bits per heavy atom. The molecule has 2 amide bonds.